The van der Waals surface area contributed by atoms with Crippen LogP contribution < -0.4 is 5.01 Å². The Balaban J connectivity index is 1.76. The highest BCUT2D eigenvalue weighted by Crippen LogP contribution is 2.31. The molecule has 6 nitrogen and oxygen atoms in total. The van der Waals surface area contributed by atoms with Crippen LogP contribution in [0, 0.1) is 13.8 Å². The third-order valence-electron chi connectivity index (χ3n) is 5.04. The molecule has 2 aromatic heterocycles. The molecule has 0 fully saturated rings. The van der Waals surface area contributed by atoms with Gasteiger partial charge in [0.1, 0.15) is 11.5 Å². The molecule has 0 saturated carbocycles. The number of anilines is 1. The Morgan fingerprint density at radius 3 is 2.45 bits per heavy atom. The molecule has 6 heteroatoms. The van der Waals surface area contributed by atoms with Crippen molar-refractivity contribution in [3.8, 4) is 5.69 Å². The third-order valence-corrected chi connectivity index (χ3v) is 5.04. The molecule has 0 bridgehead atoms. The summed E-state index contributed by atoms with van der Waals surface area (Å²) in [4.78, 5) is 4.12. The van der Waals surface area contributed by atoms with Crippen molar-refractivity contribution >= 4 is 11.7 Å². The van der Waals surface area contributed by atoms with E-state index in [-0.39, 0.29) is 0 Å². The van der Waals surface area contributed by atoms with Crippen molar-refractivity contribution < 1.29 is 0 Å². The van der Waals surface area contributed by atoms with E-state index in [0.717, 1.165) is 33.9 Å². The highest BCUT2D eigenvalue weighted by Gasteiger charge is 2.26. The van der Waals surface area contributed by atoms with Crippen LogP contribution in [-0.2, 0) is 6.54 Å². The average molecular weight is 380 g/mol. The van der Waals surface area contributed by atoms with Crippen molar-refractivity contribution in [2.24, 2.45) is 5.10 Å². The third kappa shape index (κ3) is 3.08. The SMILES string of the molecule is Cc1ccc2c(c1)-n1c(C)nnc1N(Cc1ccncc1)N=C2c1ccccc1. The molecule has 142 valence electrons. The number of benzene rings is 2. The molecule has 2 aromatic carbocycles. The minimum atomic E-state index is 0.573. The number of nitrogens with zero attached hydrogens (tertiary/aromatic N) is 6. The minimum Gasteiger partial charge on any atom is -0.265 e. The smallest absolute Gasteiger partial charge is 0.252 e. The summed E-state index contributed by atoms with van der Waals surface area (Å²) in [5, 5.41) is 15.8. The molecule has 29 heavy (non-hydrogen) atoms. The second kappa shape index (κ2) is 6.98. The van der Waals surface area contributed by atoms with E-state index in [0.29, 0.717) is 12.5 Å². The van der Waals surface area contributed by atoms with Crippen LogP contribution in [0.5, 0.6) is 0 Å². The number of aryl methyl sites for hydroxylation is 2. The van der Waals surface area contributed by atoms with Crippen molar-refractivity contribution in [3.63, 3.8) is 0 Å². The lowest BCUT2D eigenvalue weighted by Crippen LogP contribution is -2.20. The van der Waals surface area contributed by atoms with Gasteiger partial charge in [0.2, 0.25) is 0 Å². The van der Waals surface area contributed by atoms with Crippen molar-refractivity contribution in [1.82, 2.24) is 19.7 Å². The maximum absolute atomic E-state index is 5.07. The molecule has 0 atom stereocenters. The summed E-state index contributed by atoms with van der Waals surface area (Å²) in [6, 6.07) is 20.7. The summed E-state index contributed by atoms with van der Waals surface area (Å²) in [5.74, 6) is 1.54. The van der Waals surface area contributed by atoms with Crippen LogP contribution in [0.25, 0.3) is 5.69 Å². The Morgan fingerprint density at radius 2 is 1.66 bits per heavy atom. The lowest BCUT2D eigenvalue weighted by molar-refractivity contribution is 0.795. The van der Waals surface area contributed by atoms with Gasteiger partial charge in [-0.05, 0) is 43.2 Å². The molecular formula is C23H20N6. The number of fused-ring (bicyclic) bond motifs is 3. The van der Waals surface area contributed by atoms with Crippen LogP contribution in [0.4, 0.5) is 5.95 Å². The first-order valence-electron chi connectivity index (χ1n) is 9.54. The Morgan fingerprint density at radius 1 is 0.862 bits per heavy atom. The number of aromatic nitrogens is 4. The number of rotatable bonds is 3. The van der Waals surface area contributed by atoms with Crippen LogP contribution >= 0.6 is 0 Å². The van der Waals surface area contributed by atoms with Gasteiger partial charge in [-0.15, -0.1) is 10.2 Å². The predicted octanol–water partition coefficient (Wildman–Crippen LogP) is 4.05. The lowest BCUT2D eigenvalue weighted by Gasteiger charge is -2.17. The second-order valence-corrected chi connectivity index (χ2v) is 7.13. The van der Waals surface area contributed by atoms with E-state index in [1.165, 1.54) is 5.56 Å². The normalized spacial score (nSPS) is 12.8. The van der Waals surface area contributed by atoms with E-state index < -0.39 is 0 Å². The highest BCUT2D eigenvalue weighted by atomic mass is 15.6. The van der Waals surface area contributed by atoms with E-state index in [2.05, 4.69) is 57.0 Å². The molecule has 1 aliphatic rings. The predicted molar refractivity (Wildman–Crippen MR) is 113 cm³/mol. The van der Waals surface area contributed by atoms with Gasteiger partial charge in [-0.1, -0.05) is 42.5 Å². The summed E-state index contributed by atoms with van der Waals surface area (Å²) in [5.41, 5.74) is 6.36. The van der Waals surface area contributed by atoms with Crippen LogP contribution in [0.3, 0.4) is 0 Å². The number of hydrogen-bond acceptors (Lipinski definition) is 5. The minimum absolute atomic E-state index is 0.573. The molecule has 0 aliphatic carbocycles. The summed E-state index contributed by atoms with van der Waals surface area (Å²) in [7, 11) is 0. The number of hydrazone groups is 1. The van der Waals surface area contributed by atoms with E-state index in [4.69, 9.17) is 5.10 Å². The fourth-order valence-corrected chi connectivity index (χ4v) is 3.62. The molecule has 0 spiro atoms. The summed E-state index contributed by atoms with van der Waals surface area (Å²) >= 11 is 0. The number of pyridine rings is 1. The zero-order valence-corrected chi connectivity index (χ0v) is 16.3. The molecule has 0 N–H and O–H groups in total. The maximum Gasteiger partial charge on any atom is 0.252 e. The van der Waals surface area contributed by atoms with Crippen molar-refractivity contribution in [3.05, 3.63) is 101 Å². The summed E-state index contributed by atoms with van der Waals surface area (Å²) < 4.78 is 2.09. The quantitative estimate of drug-likeness (QED) is 0.538. The van der Waals surface area contributed by atoms with E-state index in [1.807, 2.05) is 42.3 Å². The van der Waals surface area contributed by atoms with Crippen molar-refractivity contribution in [1.29, 1.82) is 0 Å². The fourth-order valence-electron chi connectivity index (χ4n) is 3.62. The van der Waals surface area contributed by atoms with Crippen LogP contribution in [-0.4, -0.2) is 25.5 Å². The lowest BCUT2D eigenvalue weighted by atomic mass is 9.99. The molecule has 0 radical (unpaired) electrons. The summed E-state index contributed by atoms with van der Waals surface area (Å²) in [6.07, 6.45) is 3.59. The van der Waals surface area contributed by atoms with Gasteiger partial charge in [-0.2, -0.15) is 5.10 Å². The van der Waals surface area contributed by atoms with E-state index in [1.54, 1.807) is 12.4 Å². The molecule has 3 heterocycles. The van der Waals surface area contributed by atoms with Crippen LogP contribution in [0.1, 0.15) is 28.1 Å². The largest absolute Gasteiger partial charge is 0.265 e. The molecule has 0 saturated heterocycles. The molecular weight excluding hydrogens is 360 g/mol. The maximum atomic E-state index is 5.07. The first-order chi connectivity index (χ1) is 14.2. The Bertz CT molecular complexity index is 1190. The molecule has 4 aromatic rings. The van der Waals surface area contributed by atoms with Crippen LogP contribution in [0.2, 0.25) is 0 Å². The second-order valence-electron chi connectivity index (χ2n) is 7.13. The summed E-state index contributed by atoms with van der Waals surface area (Å²) in [6.45, 7) is 4.64. The molecule has 1 aliphatic heterocycles. The zero-order chi connectivity index (χ0) is 19.8. The van der Waals surface area contributed by atoms with E-state index >= 15 is 0 Å². The van der Waals surface area contributed by atoms with Gasteiger partial charge < -0.3 is 0 Å². The van der Waals surface area contributed by atoms with Gasteiger partial charge in [0.05, 0.1) is 12.2 Å². The molecule has 0 unspecified atom stereocenters. The van der Waals surface area contributed by atoms with E-state index in [9.17, 15) is 0 Å². The van der Waals surface area contributed by atoms with Crippen molar-refractivity contribution in [2.45, 2.75) is 20.4 Å². The van der Waals surface area contributed by atoms with Gasteiger partial charge in [-0.25, -0.2) is 5.01 Å². The highest BCUT2D eigenvalue weighted by molar-refractivity contribution is 6.15. The first kappa shape index (κ1) is 17.3. The van der Waals surface area contributed by atoms with Gasteiger partial charge in [-0.3, -0.25) is 9.55 Å². The van der Waals surface area contributed by atoms with Gasteiger partial charge >= 0.3 is 0 Å². The topological polar surface area (TPSA) is 59.2 Å². The molecule has 0 amide bonds. The number of hydrogen-bond donors (Lipinski definition) is 0. The van der Waals surface area contributed by atoms with Gasteiger partial charge in [0.25, 0.3) is 5.95 Å². The fraction of sp³-hybridized carbons (Fsp3) is 0.130. The molecule has 5 rings (SSSR count). The Hall–Kier alpha value is -3.80. The van der Waals surface area contributed by atoms with Crippen LogP contribution in [0.15, 0.2) is 78.2 Å². The van der Waals surface area contributed by atoms with Gasteiger partial charge in [0, 0.05) is 23.5 Å². The van der Waals surface area contributed by atoms with Gasteiger partial charge in [0.15, 0.2) is 0 Å². The first-order valence-corrected chi connectivity index (χ1v) is 9.54. The zero-order valence-electron chi connectivity index (χ0n) is 16.3. The monoisotopic (exact) mass is 380 g/mol. The Kier molecular flexibility index (Phi) is 4.17. The Labute approximate surface area is 169 Å². The standard InChI is InChI=1S/C23H20N6/c1-16-8-9-20-21(14-16)29-17(2)25-26-23(29)28(15-18-10-12-24-13-11-18)27-22(20)19-6-4-3-5-7-19/h3-14H,15H2,1-2H3. The average Bonchev–Trinajstić information content (AvgIpc) is 3.08. The van der Waals surface area contributed by atoms with Crippen molar-refractivity contribution in [2.75, 3.05) is 5.01 Å².